The van der Waals surface area contributed by atoms with E-state index in [1.165, 1.54) is 32.1 Å². The van der Waals surface area contributed by atoms with Gasteiger partial charge in [0.05, 0.1) is 11.0 Å². The lowest BCUT2D eigenvalue weighted by Crippen LogP contribution is -2.29. The summed E-state index contributed by atoms with van der Waals surface area (Å²) in [5, 5.41) is 6.89. The highest BCUT2D eigenvalue weighted by Crippen LogP contribution is 2.23. The number of nitrogens with two attached hydrogens (primary N) is 1. The predicted molar refractivity (Wildman–Crippen MR) is 123 cm³/mol. The van der Waals surface area contributed by atoms with Crippen LogP contribution in [0.1, 0.15) is 57.1 Å². The van der Waals surface area contributed by atoms with Crippen LogP contribution in [0.4, 0.5) is 0 Å². The van der Waals surface area contributed by atoms with Crippen LogP contribution in [-0.2, 0) is 11.3 Å². The summed E-state index contributed by atoms with van der Waals surface area (Å²) in [6.07, 6.45) is 7.50. The zero-order chi connectivity index (χ0) is 23.4. The minimum atomic E-state index is -0.678. The molecule has 0 spiro atoms. The van der Waals surface area contributed by atoms with Gasteiger partial charge in [0, 0.05) is 13.1 Å². The van der Waals surface area contributed by atoms with Crippen molar-refractivity contribution < 1.29 is 9.90 Å². The van der Waals surface area contributed by atoms with Crippen molar-refractivity contribution in [1.29, 1.82) is 0 Å². The number of nitrogens with one attached hydrogen (secondary N) is 1. The first kappa shape index (κ1) is 26.0. The van der Waals surface area contributed by atoms with Crippen LogP contribution in [0.3, 0.4) is 0 Å². The van der Waals surface area contributed by atoms with Gasteiger partial charge in [-0.3, -0.25) is 14.6 Å². The van der Waals surface area contributed by atoms with Crippen LogP contribution >= 0.6 is 0 Å². The minimum Gasteiger partial charge on any atom is -0.483 e. The number of aryl methyl sites for hydroxylation is 2. The molecule has 9 heteroatoms. The fourth-order valence-corrected chi connectivity index (χ4v) is 3.29. The van der Waals surface area contributed by atoms with Crippen LogP contribution in [0, 0.1) is 13.8 Å². The van der Waals surface area contributed by atoms with Gasteiger partial charge in [-0.25, -0.2) is 9.78 Å². The highest BCUT2D eigenvalue weighted by molar-refractivity contribution is 5.81. The van der Waals surface area contributed by atoms with Gasteiger partial charge in [0.1, 0.15) is 0 Å². The predicted octanol–water partition coefficient (Wildman–Crippen LogP) is 2.84. The SMILES string of the molecule is C1CCCC1.CC.Cc1cc2nc3c(=O)[nH]c(=O)nc-3n(CCN)c2cc1C.O=CO. The van der Waals surface area contributed by atoms with E-state index in [1.807, 2.05) is 39.8 Å². The highest BCUT2D eigenvalue weighted by atomic mass is 16.3. The molecular formula is C22H33N5O4. The number of aromatic nitrogens is 4. The molecule has 0 atom stereocenters. The summed E-state index contributed by atoms with van der Waals surface area (Å²) in [4.78, 5) is 42.2. The Hall–Kier alpha value is -3.07. The molecule has 0 radical (unpaired) electrons. The molecule has 2 heterocycles. The first-order chi connectivity index (χ1) is 14.9. The first-order valence-corrected chi connectivity index (χ1v) is 10.6. The lowest BCUT2D eigenvalue weighted by Gasteiger charge is -2.16. The van der Waals surface area contributed by atoms with Crippen molar-refractivity contribution in [2.75, 3.05) is 6.54 Å². The number of carboxylic acid groups (broad SMARTS) is 1. The Balaban J connectivity index is 0.000000403. The van der Waals surface area contributed by atoms with Gasteiger partial charge >= 0.3 is 5.69 Å². The maximum Gasteiger partial charge on any atom is 0.349 e. The third-order valence-corrected chi connectivity index (χ3v) is 4.83. The molecule has 1 aromatic carbocycles. The molecule has 31 heavy (non-hydrogen) atoms. The third kappa shape index (κ3) is 6.99. The highest BCUT2D eigenvalue weighted by Gasteiger charge is 2.18. The second-order valence-corrected chi connectivity index (χ2v) is 6.89. The van der Waals surface area contributed by atoms with Gasteiger partial charge < -0.3 is 15.4 Å². The molecule has 2 aliphatic heterocycles. The topological polar surface area (TPSA) is 144 Å². The van der Waals surface area contributed by atoms with Gasteiger partial charge in [-0.1, -0.05) is 46.0 Å². The van der Waals surface area contributed by atoms with Crippen molar-refractivity contribution in [1.82, 2.24) is 19.5 Å². The van der Waals surface area contributed by atoms with Crippen LogP contribution in [0.2, 0.25) is 0 Å². The number of rotatable bonds is 2. The van der Waals surface area contributed by atoms with Crippen molar-refractivity contribution in [2.24, 2.45) is 5.73 Å². The number of benzene rings is 1. The van der Waals surface area contributed by atoms with Crippen LogP contribution < -0.4 is 17.0 Å². The van der Waals surface area contributed by atoms with Crippen molar-refractivity contribution >= 4 is 17.5 Å². The van der Waals surface area contributed by atoms with Crippen molar-refractivity contribution in [3.05, 3.63) is 44.1 Å². The van der Waals surface area contributed by atoms with Gasteiger partial charge in [-0.15, -0.1) is 0 Å². The van der Waals surface area contributed by atoms with E-state index in [1.54, 1.807) is 4.57 Å². The average Bonchev–Trinajstić information content (AvgIpc) is 3.32. The van der Waals surface area contributed by atoms with E-state index < -0.39 is 11.2 Å². The van der Waals surface area contributed by atoms with Gasteiger partial charge in [0.15, 0.2) is 11.5 Å². The number of carbonyl (C=O) groups is 1. The third-order valence-electron chi connectivity index (χ3n) is 4.83. The molecule has 3 aliphatic rings. The smallest absolute Gasteiger partial charge is 0.349 e. The Bertz CT molecular complexity index is 1050. The summed E-state index contributed by atoms with van der Waals surface area (Å²) >= 11 is 0. The number of nitrogens with zero attached hydrogens (tertiary/aromatic N) is 3. The molecule has 9 nitrogen and oxygen atoms in total. The Morgan fingerprint density at radius 1 is 1.06 bits per heavy atom. The second-order valence-electron chi connectivity index (χ2n) is 6.89. The van der Waals surface area contributed by atoms with E-state index in [2.05, 4.69) is 15.0 Å². The quantitative estimate of drug-likeness (QED) is 0.418. The molecule has 1 fully saturated rings. The molecule has 4 N–H and O–H groups in total. The molecule has 170 valence electrons. The standard InChI is InChI=1S/C14H15N5O2.C5H10.C2H6.CH2O2/c1-7-5-9-10(6-8(7)2)19(4-3-15)12-11(16-9)13(20)18-14(21)17-12;1-2-4-5-3-1;1-2;2-1-3/h5-6H,3-4,15H2,1-2H3,(H,18,20,21);1-5H2;1-2H3;1H,(H,2,3). The van der Waals surface area contributed by atoms with Crippen LogP contribution in [0.15, 0.2) is 21.7 Å². The summed E-state index contributed by atoms with van der Waals surface area (Å²) in [5.74, 6) is 0.268. The molecule has 0 amide bonds. The molecule has 1 saturated carbocycles. The van der Waals surface area contributed by atoms with E-state index in [4.69, 9.17) is 15.6 Å². The van der Waals surface area contributed by atoms with Gasteiger partial charge in [-0.05, 0) is 37.1 Å². The number of hydrogen-bond acceptors (Lipinski definition) is 6. The van der Waals surface area contributed by atoms with Gasteiger partial charge in [0.25, 0.3) is 12.0 Å². The van der Waals surface area contributed by atoms with Crippen LogP contribution in [0.5, 0.6) is 0 Å². The number of fused-ring (bicyclic) bond motifs is 2. The first-order valence-electron chi connectivity index (χ1n) is 10.6. The average molecular weight is 432 g/mol. The maximum atomic E-state index is 11.9. The second kappa shape index (κ2) is 13.3. The van der Waals surface area contributed by atoms with E-state index in [-0.39, 0.29) is 18.0 Å². The molecule has 4 rings (SSSR count). The molecule has 0 saturated heterocycles. The number of hydrogen-bond donors (Lipinski definition) is 3. The lowest BCUT2D eigenvalue weighted by molar-refractivity contribution is -0.122. The zero-order valence-corrected chi connectivity index (χ0v) is 18.8. The van der Waals surface area contributed by atoms with E-state index >= 15 is 0 Å². The fourth-order valence-electron chi connectivity index (χ4n) is 3.29. The van der Waals surface area contributed by atoms with Crippen molar-refractivity contribution in [3.8, 4) is 11.5 Å². The van der Waals surface area contributed by atoms with Crippen molar-refractivity contribution in [2.45, 2.75) is 66.3 Å². The zero-order valence-electron chi connectivity index (χ0n) is 18.8. The number of aromatic amines is 1. The summed E-state index contributed by atoms with van der Waals surface area (Å²) in [5.41, 5.74) is 8.28. The fraction of sp³-hybridized carbons (Fsp3) is 0.500. The van der Waals surface area contributed by atoms with Gasteiger partial charge in [-0.2, -0.15) is 4.98 Å². The molecule has 1 aromatic rings. The minimum absolute atomic E-state index is 0.152. The Kier molecular flexibility index (Phi) is 11.1. The summed E-state index contributed by atoms with van der Waals surface area (Å²) in [6.45, 7) is 8.55. The summed E-state index contributed by atoms with van der Waals surface area (Å²) < 4.78 is 1.78. The van der Waals surface area contributed by atoms with E-state index in [0.29, 0.717) is 18.6 Å². The largest absolute Gasteiger partial charge is 0.483 e. The van der Waals surface area contributed by atoms with E-state index in [9.17, 15) is 9.59 Å². The Morgan fingerprint density at radius 2 is 1.58 bits per heavy atom. The molecular weight excluding hydrogens is 398 g/mol. The van der Waals surface area contributed by atoms with Gasteiger partial charge in [0.2, 0.25) is 0 Å². The van der Waals surface area contributed by atoms with Crippen LogP contribution in [0.25, 0.3) is 22.6 Å². The monoisotopic (exact) mass is 431 g/mol. The molecule has 0 bridgehead atoms. The number of H-pyrrole nitrogens is 1. The maximum absolute atomic E-state index is 11.9. The summed E-state index contributed by atoms with van der Waals surface area (Å²) in [7, 11) is 0. The van der Waals surface area contributed by atoms with Crippen molar-refractivity contribution in [3.63, 3.8) is 0 Å². The molecule has 0 aromatic heterocycles. The lowest BCUT2D eigenvalue weighted by atomic mass is 10.1. The Morgan fingerprint density at radius 3 is 2.10 bits per heavy atom. The molecule has 1 aliphatic carbocycles. The van der Waals surface area contributed by atoms with Crippen LogP contribution in [-0.4, -0.2) is 37.6 Å². The molecule has 0 unspecified atom stereocenters. The van der Waals surface area contributed by atoms with E-state index in [0.717, 1.165) is 16.6 Å². The normalized spacial score (nSPS) is 12.2. The Labute approximate surface area is 181 Å². The summed E-state index contributed by atoms with van der Waals surface area (Å²) in [6, 6.07) is 3.89.